The summed E-state index contributed by atoms with van der Waals surface area (Å²) in [6, 6.07) is 44.3. The molecule has 6 heterocycles. The zero-order valence-electron chi connectivity index (χ0n) is 32.4. The standard InChI is InChI=1S/C23H14ClN5OS.C12H9N3S.C11H6Cl2N2O.CH4/c24-19-13-18(26-20(29-19)14-7-2-1-3-8-14)21(30)27-16-10-5-4-9-15(16)22-28-17-11-6-12-25-23(17)31-22;13-9-5-2-1-4-8(9)11-15-10-6-3-7-14-12(10)16-11;12-9-6-8(10(13)16)14-11(15-9)7-4-2-1-3-5-7;/h1-13H,(H,27,30);1-7H,13H2;1-6H;1H4. The van der Waals surface area contributed by atoms with Gasteiger partial charge in [-0.05, 0) is 60.1 Å². The topological polar surface area (TPSA) is 175 Å². The highest BCUT2D eigenvalue weighted by Crippen LogP contribution is 2.34. The molecule has 0 bridgehead atoms. The zero-order chi connectivity index (χ0) is 43.7. The Hall–Kier alpha value is -7.07. The molecule has 0 aliphatic heterocycles. The molecular formula is C47H33Cl3N10O2S2. The average molecular weight is 940 g/mol. The van der Waals surface area contributed by atoms with Gasteiger partial charge in [-0.3, -0.25) is 9.59 Å². The summed E-state index contributed by atoms with van der Waals surface area (Å²) < 4.78 is 0. The normalized spacial score (nSPS) is 10.5. The van der Waals surface area contributed by atoms with Crippen LogP contribution < -0.4 is 11.1 Å². The molecule has 0 saturated heterocycles. The number of carbonyl (C=O) groups is 2. The van der Waals surface area contributed by atoms with Crippen molar-refractivity contribution in [2.75, 3.05) is 11.1 Å². The zero-order valence-corrected chi connectivity index (χ0v) is 36.3. The first kappa shape index (κ1) is 45.0. The van der Waals surface area contributed by atoms with E-state index in [-0.39, 0.29) is 35.0 Å². The lowest BCUT2D eigenvalue weighted by atomic mass is 10.1. The number of anilines is 2. The molecule has 0 unspecified atom stereocenters. The molecule has 316 valence electrons. The maximum Gasteiger partial charge on any atom is 0.274 e. The van der Waals surface area contributed by atoms with Crippen LogP contribution in [0.5, 0.6) is 0 Å². The van der Waals surface area contributed by atoms with Gasteiger partial charge in [0.1, 0.15) is 52.4 Å². The Morgan fingerprint density at radius 1 is 0.531 bits per heavy atom. The Morgan fingerprint density at radius 2 is 1.00 bits per heavy atom. The number of pyridine rings is 2. The Bertz CT molecular complexity index is 3160. The van der Waals surface area contributed by atoms with Gasteiger partial charge in [0, 0.05) is 52.5 Å². The van der Waals surface area contributed by atoms with E-state index in [1.54, 1.807) is 23.7 Å². The number of nitrogens with one attached hydrogen (secondary N) is 1. The third-order valence-electron chi connectivity index (χ3n) is 8.82. The number of benzene rings is 4. The quantitative estimate of drug-likeness (QED) is 0.0883. The molecule has 10 aromatic rings. The van der Waals surface area contributed by atoms with Gasteiger partial charge in [-0.2, -0.15) is 0 Å². The second-order valence-corrected chi connectivity index (χ2v) is 16.2. The third kappa shape index (κ3) is 10.9. The highest BCUT2D eigenvalue weighted by atomic mass is 35.5. The molecule has 17 heteroatoms. The minimum absolute atomic E-state index is 0. The van der Waals surface area contributed by atoms with E-state index in [0.717, 1.165) is 58.7 Å². The van der Waals surface area contributed by atoms with Gasteiger partial charge in [0.15, 0.2) is 11.6 Å². The lowest BCUT2D eigenvalue weighted by molar-refractivity contribution is 0.102. The summed E-state index contributed by atoms with van der Waals surface area (Å²) in [4.78, 5) is 60.3. The van der Waals surface area contributed by atoms with E-state index in [1.165, 1.54) is 23.5 Å². The van der Waals surface area contributed by atoms with Crippen molar-refractivity contribution in [3.8, 4) is 43.9 Å². The van der Waals surface area contributed by atoms with Gasteiger partial charge < -0.3 is 11.1 Å². The molecule has 6 aromatic heterocycles. The molecule has 64 heavy (non-hydrogen) atoms. The number of halogens is 3. The summed E-state index contributed by atoms with van der Waals surface area (Å²) in [6.45, 7) is 0. The van der Waals surface area contributed by atoms with Crippen LogP contribution in [0.1, 0.15) is 28.4 Å². The summed E-state index contributed by atoms with van der Waals surface area (Å²) in [7, 11) is 0. The maximum atomic E-state index is 13.0. The number of thiazole rings is 2. The van der Waals surface area contributed by atoms with Crippen molar-refractivity contribution in [1.82, 2.24) is 39.9 Å². The summed E-state index contributed by atoms with van der Waals surface area (Å²) in [6.07, 6.45) is 3.51. The van der Waals surface area contributed by atoms with Crippen LogP contribution in [0.25, 0.3) is 64.6 Å². The predicted molar refractivity (Wildman–Crippen MR) is 260 cm³/mol. The van der Waals surface area contributed by atoms with E-state index in [9.17, 15) is 9.59 Å². The van der Waals surface area contributed by atoms with Crippen molar-refractivity contribution in [3.05, 3.63) is 180 Å². The van der Waals surface area contributed by atoms with Crippen LogP contribution in [-0.2, 0) is 0 Å². The average Bonchev–Trinajstić information content (AvgIpc) is 3.95. The molecule has 0 fully saturated rings. The van der Waals surface area contributed by atoms with Crippen LogP contribution in [0.3, 0.4) is 0 Å². The van der Waals surface area contributed by atoms with E-state index in [0.29, 0.717) is 17.3 Å². The molecule has 0 radical (unpaired) electrons. The van der Waals surface area contributed by atoms with Crippen molar-refractivity contribution in [2.24, 2.45) is 0 Å². The SMILES string of the molecule is C.Nc1ccccc1-c1nc2cccnc2s1.O=C(Cl)c1cc(Cl)nc(-c2ccccc2)n1.O=C(Nc1ccccc1-c1nc2cccnc2s1)c1cc(Cl)nc(-c2ccccc2)n1. The van der Waals surface area contributed by atoms with E-state index < -0.39 is 5.24 Å². The van der Waals surface area contributed by atoms with E-state index >= 15 is 0 Å². The summed E-state index contributed by atoms with van der Waals surface area (Å²) in [5.74, 6) is 0.397. The first-order valence-electron chi connectivity index (χ1n) is 18.8. The number of hydrogen-bond acceptors (Lipinski definition) is 13. The van der Waals surface area contributed by atoms with Crippen LogP contribution in [0.15, 0.2) is 158 Å². The highest BCUT2D eigenvalue weighted by Gasteiger charge is 2.17. The molecule has 1 amide bonds. The molecule has 0 aliphatic carbocycles. The lowest BCUT2D eigenvalue weighted by Crippen LogP contribution is -2.15. The van der Waals surface area contributed by atoms with Crippen LogP contribution in [-0.4, -0.2) is 51.0 Å². The third-order valence-corrected chi connectivity index (χ3v) is 11.4. The minimum atomic E-state index is -0.651. The van der Waals surface area contributed by atoms with Gasteiger partial charge in [-0.25, -0.2) is 39.9 Å². The number of nitrogens with zero attached hydrogens (tertiary/aromatic N) is 8. The van der Waals surface area contributed by atoms with Gasteiger partial charge in [0.2, 0.25) is 0 Å². The number of rotatable bonds is 7. The molecule has 0 saturated carbocycles. The Kier molecular flexibility index (Phi) is 14.7. The molecule has 10 rings (SSSR count). The van der Waals surface area contributed by atoms with Gasteiger partial charge >= 0.3 is 0 Å². The fraction of sp³-hybridized carbons (Fsp3) is 0.0213. The van der Waals surface area contributed by atoms with E-state index in [1.807, 2.05) is 133 Å². The lowest BCUT2D eigenvalue weighted by Gasteiger charge is -2.10. The van der Waals surface area contributed by atoms with Crippen LogP contribution >= 0.6 is 57.5 Å². The molecular weight excluding hydrogens is 907 g/mol. The van der Waals surface area contributed by atoms with Crippen molar-refractivity contribution >= 4 is 101 Å². The predicted octanol–water partition coefficient (Wildman–Crippen LogP) is 12.5. The first-order chi connectivity index (χ1) is 30.7. The fourth-order valence-corrected chi connectivity index (χ4v) is 8.28. The molecule has 3 N–H and O–H groups in total. The van der Waals surface area contributed by atoms with Crippen molar-refractivity contribution in [3.63, 3.8) is 0 Å². The number of amides is 1. The Labute approximate surface area is 389 Å². The maximum absolute atomic E-state index is 13.0. The monoisotopic (exact) mass is 938 g/mol. The van der Waals surface area contributed by atoms with Crippen molar-refractivity contribution in [1.29, 1.82) is 0 Å². The number of aromatic nitrogens is 8. The molecule has 12 nitrogen and oxygen atoms in total. The van der Waals surface area contributed by atoms with Crippen molar-refractivity contribution < 1.29 is 9.59 Å². The molecule has 0 aliphatic rings. The minimum Gasteiger partial charge on any atom is -0.398 e. The number of hydrogen-bond donors (Lipinski definition) is 2. The molecule has 0 atom stereocenters. The van der Waals surface area contributed by atoms with Crippen LogP contribution in [0.4, 0.5) is 11.4 Å². The number of nitrogens with two attached hydrogens (primary N) is 1. The number of carbonyl (C=O) groups excluding carboxylic acids is 2. The van der Waals surface area contributed by atoms with Crippen molar-refractivity contribution in [2.45, 2.75) is 7.43 Å². The smallest absolute Gasteiger partial charge is 0.274 e. The number of para-hydroxylation sites is 2. The van der Waals surface area contributed by atoms with Gasteiger partial charge in [-0.15, -0.1) is 0 Å². The summed E-state index contributed by atoms with van der Waals surface area (Å²) >= 11 is 20.3. The van der Waals surface area contributed by atoms with Crippen LogP contribution in [0.2, 0.25) is 10.3 Å². The van der Waals surface area contributed by atoms with Crippen LogP contribution in [0, 0.1) is 0 Å². The first-order valence-corrected chi connectivity index (χ1v) is 21.5. The molecule has 0 spiro atoms. The van der Waals surface area contributed by atoms with E-state index in [2.05, 4.69) is 45.2 Å². The highest BCUT2D eigenvalue weighted by molar-refractivity contribution is 7.21. The Balaban J connectivity index is 0.000000157. The Morgan fingerprint density at radius 3 is 1.53 bits per heavy atom. The largest absolute Gasteiger partial charge is 0.398 e. The fourth-order valence-electron chi connectivity index (χ4n) is 5.91. The van der Waals surface area contributed by atoms with Gasteiger partial charge in [0.25, 0.3) is 11.1 Å². The number of nitrogen functional groups attached to an aromatic ring is 1. The second kappa shape index (κ2) is 20.9. The second-order valence-electron chi connectivity index (χ2n) is 13.1. The summed E-state index contributed by atoms with van der Waals surface area (Å²) in [5.41, 5.74) is 12.7. The summed E-state index contributed by atoms with van der Waals surface area (Å²) in [5, 5.41) is 4.37. The number of fused-ring (bicyclic) bond motifs is 2. The molecule has 4 aromatic carbocycles. The van der Waals surface area contributed by atoms with Gasteiger partial charge in [-0.1, -0.05) is 138 Å². The van der Waals surface area contributed by atoms with E-state index in [4.69, 9.17) is 40.5 Å². The van der Waals surface area contributed by atoms with Gasteiger partial charge in [0.05, 0.1) is 5.69 Å².